The van der Waals surface area contributed by atoms with Crippen LogP contribution in [0.3, 0.4) is 0 Å². The number of likely N-dealkylation sites (tertiary alicyclic amines) is 1. The van der Waals surface area contributed by atoms with Gasteiger partial charge in [0, 0.05) is 6.54 Å². The van der Waals surface area contributed by atoms with E-state index in [1.54, 1.807) is 18.2 Å². The zero-order chi connectivity index (χ0) is 13.7. The Morgan fingerprint density at radius 3 is 2.90 bits per heavy atom. The molecule has 0 bridgehead atoms. The Bertz CT molecular complexity index is 444. The van der Waals surface area contributed by atoms with Crippen LogP contribution in [0.1, 0.15) is 12.8 Å². The van der Waals surface area contributed by atoms with E-state index in [9.17, 15) is 9.18 Å². The second kappa shape index (κ2) is 8.19. The maximum atomic E-state index is 13.4. The van der Waals surface area contributed by atoms with Crippen LogP contribution in [-0.4, -0.2) is 37.0 Å². The van der Waals surface area contributed by atoms with E-state index in [2.05, 4.69) is 10.2 Å². The second-order valence-corrected chi connectivity index (χ2v) is 5.01. The van der Waals surface area contributed by atoms with Crippen LogP contribution in [0.15, 0.2) is 24.3 Å². The summed E-state index contributed by atoms with van der Waals surface area (Å²) in [6.07, 6.45) is 2.19. The fraction of sp³-hybridized carbons (Fsp3) is 0.500. The zero-order valence-corrected chi connectivity index (χ0v) is 12.2. The van der Waals surface area contributed by atoms with Gasteiger partial charge in [0.05, 0.1) is 12.2 Å². The number of halogens is 2. The van der Waals surface area contributed by atoms with Crippen molar-refractivity contribution in [3.05, 3.63) is 30.1 Å². The van der Waals surface area contributed by atoms with Gasteiger partial charge in [-0.15, -0.1) is 12.4 Å². The van der Waals surface area contributed by atoms with E-state index in [0.717, 1.165) is 25.9 Å². The Morgan fingerprint density at radius 2 is 2.20 bits per heavy atom. The number of benzene rings is 1. The summed E-state index contributed by atoms with van der Waals surface area (Å²) >= 11 is 0. The predicted molar refractivity (Wildman–Crippen MR) is 80.5 cm³/mol. The molecule has 1 saturated heterocycles. The molecule has 0 spiro atoms. The Hall–Kier alpha value is -1.17. The van der Waals surface area contributed by atoms with Crippen LogP contribution in [-0.2, 0) is 4.79 Å². The minimum atomic E-state index is -0.408. The van der Waals surface area contributed by atoms with Gasteiger partial charge in [0.1, 0.15) is 5.82 Å². The lowest BCUT2D eigenvalue weighted by molar-refractivity contribution is -0.117. The molecule has 3 N–H and O–H groups in total. The quantitative estimate of drug-likeness (QED) is 0.892. The van der Waals surface area contributed by atoms with Gasteiger partial charge in [0.25, 0.3) is 0 Å². The molecule has 1 aromatic rings. The summed E-state index contributed by atoms with van der Waals surface area (Å²) in [5.41, 5.74) is 5.90. The highest BCUT2D eigenvalue weighted by molar-refractivity contribution is 5.92. The minimum absolute atomic E-state index is 0. The Labute approximate surface area is 124 Å². The maximum absolute atomic E-state index is 13.4. The van der Waals surface area contributed by atoms with E-state index in [1.165, 1.54) is 6.07 Å². The average molecular weight is 302 g/mol. The summed E-state index contributed by atoms with van der Waals surface area (Å²) in [4.78, 5) is 14.0. The number of carbonyl (C=O) groups excluding carboxylic acids is 1. The molecule has 0 saturated carbocycles. The van der Waals surface area contributed by atoms with Crippen LogP contribution in [0.25, 0.3) is 0 Å². The Balaban J connectivity index is 0.00000200. The van der Waals surface area contributed by atoms with Gasteiger partial charge in [-0.25, -0.2) is 4.39 Å². The van der Waals surface area contributed by atoms with Crippen molar-refractivity contribution >= 4 is 24.0 Å². The van der Waals surface area contributed by atoms with Crippen LogP contribution in [0.4, 0.5) is 10.1 Å². The monoisotopic (exact) mass is 301 g/mol. The number of hydrogen-bond acceptors (Lipinski definition) is 3. The molecule has 2 rings (SSSR count). The lowest BCUT2D eigenvalue weighted by Gasteiger charge is -2.31. The molecular weight excluding hydrogens is 281 g/mol. The second-order valence-electron chi connectivity index (χ2n) is 5.01. The van der Waals surface area contributed by atoms with E-state index >= 15 is 0 Å². The van der Waals surface area contributed by atoms with Crippen LogP contribution < -0.4 is 11.1 Å². The number of piperidine rings is 1. The number of rotatable bonds is 4. The molecule has 4 nitrogen and oxygen atoms in total. The summed E-state index contributed by atoms with van der Waals surface area (Å²) in [5, 5.41) is 2.60. The number of amides is 1. The van der Waals surface area contributed by atoms with Crippen molar-refractivity contribution in [2.45, 2.75) is 12.8 Å². The van der Waals surface area contributed by atoms with Crippen LogP contribution >= 0.6 is 12.4 Å². The van der Waals surface area contributed by atoms with Crippen molar-refractivity contribution < 1.29 is 9.18 Å². The van der Waals surface area contributed by atoms with Crippen LogP contribution in [0.5, 0.6) is 0 Å². The normalized spacial score (nSPS) is 19.2. The molecule has 1 aromatic carbocycles. The lowest BCUT2D eigenvalue weighted by Crippen LogP contribution is -2.42. The first-order valence-electron chi connectivity index (χ1n) is 6.66. The molecule has 1 fully saturated rings. The number of anilines is 1. The summed E-state index contributed by atoms with van der Waals surface area (Å²) in [5.74, 6) is -0.118. The number of nitrogens with one attached hydrogen (secondary N) is 1. The first-order valence-corrected chi connectivity index (χ1v) is 6.66. The largest absolute Gasteiger partial charge is 0.330 e. The van der Waals surface area contributed by atoms with E-state index < -0.39 is 5.82 Å². The van der Waals surface area contributed by atoms with Gasteiger partial charge in [-0.05, 0) is 44.0 Å². The number of carbonyl (C=O) groups is 1. The van der Waals surface area contributed by atoms with Gasteiger partial charge >= 0.3 is 0 Å². The molecule has 6 heteroatoms. The van der Waals surface area contributed by atoms with E-state index in [0.29, 0.717) is 19.0 Å². The Morgan fingerprint density at radius 1 is 1.45 bits per heavy atom. The topological polar surface area (TPSA) is 58.4 Å². The maximum Gasteiger partial charge on any atom is 0.238 e. The van der Waals surface area contributed by atoms with Gasteiger partial charge in [0.15, 0.2) is 0 Å². The number of hydrogen-bond donors (Lipinski definition) is 2. The Kier molecular flexibility index (Phi) is 6.91. The molecule has 0 aliphatic carbocycles. The van der Waals surface area contributed by atoms with Gasteiger partial charge < -0.3 is 11.1 Å². The summed E-state index contributed by atoms with van der Waals surface area (Å²) in [6, 6.07) is 6.19. The number of nitrogens with zero attached hydrogens (tertiary/aromatic N) is 1. The van der Waals surface area contributed by atoms with Crippen molar-refractivity contribution in [2.75, 3.05) is 31.5 Å². The molecule has 1 unspecified atom stereocenters. The van der Waals surface area contributed by atoms with E-state index in [4.69, 9.17) is 5.73 Å². The SMILES string of the molecule is Cl.NCC1CCCN(CC(=O)Nc2ccccc2F)C1. The number of nitrogens with two attached hydrogens (primary N) is 1. The molecule has 1 aliphatic heterocycles. The van der Waals surface area contributed by atoms with E-state index in [-0.39, 0.29) is 24.0 Å². The van der Waals surface area contributed by atoms with Gasteiger partial charge in [-0.3, -0.25) is 9.69 Å². The lowest BCUT2D eigenvalue weighted by atomic mass is 9.98. The summed E-state index contributed by atoms with van der Waals surface area (Å²) < 4.78 is 13.4. The first kappa shape index (κ1) is 16.9. The summed E-state index contributed by atoms with van der Waals surface area (Å²) in [7, 11) is 0. The smallest absolute Gasteiger partial charge is 0.238 e. The average Bonchev–Trinajstić information content (AvgIpc) is 2.41. The van der Waals surface area contributed by atoms with Crippen molar-refractivity contribution in [3.8, 4) is 0 Å². The van der Waals surface area contributed by atoms with Crippen LogP contribution in [0, 0.1) is 11.7 Å². The first-order chi connectivity index (χ1) is 9.19. The highest BCUT2D eigenvalue weighted by Gasteiger charge is 2.20. The zero-order valence-electron chi connectivity index (χ0n) is 11.3. The van der Waals surface area contributed by atoms with Crippen molar-refractivity contribution in [3.63, 3.8) is 0 Å². The molecule has 1 atom stereocenters. The standard InChI is InChI=1S/C14H20FN3O.ClH/c15-12-5-1-2-6-13(12)17-14(19)10-18-7-3-4-11(8-16)9-18;/h1-2,5-6,11H,3-4,7-10,16H2,(H,17,19);1H. The highest BCUT2D eigenvalue weighted by Crippen LogP contribution is 2.16. The number of para-hydroxylation sites is 1. The molecule has 112 valence electrons. The van der Waals surface area contributed by atoms with Crippen molar-refractivity contribution in [1.82, 2.24) is 4.90 Å². The molecule has 1 amide bonds. The molecular formula is C14H21ClFN3O. The molecule has 0 aromatic heterocycles. The third-order valence-electron chi connectivity index (χ3n) is 3.45. The van der Waals surface area contributed by atoms with Gasteiger partial charge in [0.2, 0.25) is 5.91 Å². The predicted octanol–water partition coefficient (Wildman–Crippen LogP) is 1.86. The third-order valence-corrected chi connectivity index (χ3v) is 3.45. The minimum Gasteiger partial charge on any atom is -0.330 e. The molecule has 0 radical (unpaired) electrons. The fourth-order valence-corrected chi connectivity index (χ4v) is 2.44. The third kappa shape index (κ3) is 4.74. The fourth-order valence-electron chi connectivity index (χ4n) is 2.44. The summed E-state index contributed by atoms with van der Waals surface area (Å²) in [6.45, 7) is 2.71. The van der Waals surface area contributed by atoms with Gasteiger partial charge in [-0.2, -0.15) is 0 Å². The van der Waals surface area contributed by atoms with Crippen LogP contribution in [0.2, 0.25) is 0 Å². The highest BCUT2D eigenvalue weighted by atomic mass is 35.5. The van der Waals surface area contributed by atoms with E-state index in [1.807, 2.05) is 0 Å². The molecule has 1 aliphatic rings. The van der Waals surface area contributed by atoms with Crippen molar-refractivity contribution in [2.24, 2.45) is 11.7 Å². The molecule has 1 heterocycles. The van der Waals surface area contributed by atoms with Crippen molar-refractivity contribution in [1.29, 1.82) is 0 Å². The molecule has 20 heavy (non-hydrogen) atoms. The van der Waals surface area contributed by atoms with Gasteiger partial charge in [-0.1, -0.05) is 12.1 Å².